The van der Waals surface area contributed by atoms with Crippen LogP contribution >= 0.6 is 0 Å². The zero-order valence-corrected chi connectivity index (χ0v) is 16.3. The van der Waals surface area contributed by atoms with Gasteiger partial charge in [0.05, 0.1) is 11.1 Å². The molecule has 0 aliphatic carbocycles. The largest absolute Gasteiger partial charge is 0.427 e. The number of aryl methyl sites for hydroxylation is 1. The first-order valence-electron chi connectivity index (χ1n) is 9.75. The Kier molecular flexibility index (Phi) is 6.23. The van der Waals surface area contributed by atoms with Crippen molar-refractivity contribution in [1.82, 2.24) is 14.5 Å². The smallest absolute Gasteiger partial charge is 0.349 e. The van der Waals surface area contributed by atoms with Gasteiger partial charge in [-0.2, -0.15) is 4.98 Å². The summed E-state index contributed by atoms with van der Waals surface area (Å²) in [6, 6.07) is 6.95. The van der Waals surface area contributed by atoms with Crippen LogP contribution in [-0.2, 0) is 11.3 Å². The zero-order chi connectivity index (χ0) is 20.1. The molecule has 1 aromatic rings. The Morgan fingerprint density at radius 1 is 1.11 bits per heavy atom. The Bertz CT molecular complexity index is 1070. The second-order valence-corrected chi connectivity index (χ2v) is 6.99. The van der Waals surface area contributed by atoms with Gasteiger partial charge in [-0.15, -0.1) is 0 Å². The van der Waals surface area contributed by atoms with Crippen LogP contribution in [0.4, 0.5) is 0 Å². The third kappa shape index (κ3) is 4.47. The summed E-state index contributed by atoms with van der Waals surface area (Å²) in [5.74, 6) is 0.372. The van der Waals surface area contributed by atoms with Crippen molar-refractivity contribution in [3.05, 3.63) is 45.1 Å². The lowest BCUT2D eigenvalue weighted by Crippen LogP contribution is -2.27. The van der Waals surface area contributed by atoms with Crippen molar-refractivity contribution < 1.29 is 9.53 Å². The molecule has 7 heteroatoms. The van der Waals surface area contributed by atoms with Crippen molar-refractivity contribution in [1.29, 1.82) is 0 Å². The Labute approximate surface area is 162 Å². The fourth-order valence-electron chi connectivity index (χ4n) is 3.44. The summed E-state index contributed by atoms with van der Waals surface area (Å²) >= 11 is 0. The Hall–Kier alpha value is -2.96. The van der Waals surface area contributed by atoms with E-state index in [1.807, 2.05) is 4.57 Å². The van der Waals surface area contributed by atoms with Gasteiger partial charge >= 0.3 is 11.7 Å². The van der Waals surface area contributed by atoms with Crippen molar-refractivity contribution in [3.8, 4) is 17.1 Å². The van der Waals surface area contributed by atoms with E-state index in [9.17, 15) is 14.4 Å². The molecule has 0 spiro atoms. The monoisotopic (exact) mass is 383 g/mol. The van der Waals surface area contributed by atoms with Crippen molar-refractivity contribution >= 4 is 16.9 Å². The third-order valence-corrected chi connectivity index (χ3v) is 4.76. The minimum Gasteiger partial charge on any atom is -0.427 e. The van der Waals surface area contributed by atoms with Gasteiger partial charge in [-0.1, -0.05) is 39.0 Å². The first kappa shape index (κ1) is 19.8. The summed E-state index contributed by atoms with van der Waals surface area (Å²) < 4.78 is 7.09. The second-order valence-electron chi connectivity index (χ2n) is 6.99. The number of carbonyl (C=O) groups excluding carboxylic acids is 1. The average molecular weight is 383 g/mol. The first-order chi connectivity index (χ1) is 13.5. The lowest BCUT2D eigenvalue weighted by atomic mass is 10.1. The number of hydrogen-bond acceptors (Lipinski definition) is 5. The van der Waals surface area contributed by atoms with Crippen LogP contribution in [-0.4, -0.2) is 20.5 Å². The quantitative estimate of drug-likeness (QED) is 0.278. The molecule has 2 aliphatic rings. The molecule has 0 radical (unpaired) electrons. The fourth-order valence-corrected chi connectivity index (χ4v) is 3.44. The molecule has 0 unspecified atom stereocenters. The zero-order valence-electron chi connectivity index (χ0n) is 16.3. The number of aromatic nitrogens is 3. The number of H-pyrrole nitrogens is 1. The maximum Gasteiger partial charge on any atom is 0.349 e. The predicted molar refractivity (Wildman–Crippen MR) is 108 cm³/mol. The Morgan fingerprint density at radius 2 is 1.86 bits per heavy atom. The van der Waals surface area contributed by atoms with E-state index in [4.69, 9.17) is 4.74 Å². The minimum absolute atomic E-state index is 0.356. The van der Waals surface area contributed by atoms with Gasteiger partial charge in [-0.3, -0.25) is 14.6 Å². The van der Waals surface area contributed by atoms with Gasteiger partial charge in [-0.25, -0.2) is 4.79 Å². The highest BCUT2D eigenvalue weighted by Gasteiger charge is 2.17. The molecular formula is C21H25N3O4. The molecule has 1 aromatic carbocycles. The summed E-state index contributed by atoms with van der Waals surface area (Å²) in [5.41, 5.74) is 0.0398. The maximum absolute atomic E-state index is 12.3. The highest BCUT2D eigenvalue weighted by Crippen LogP contribution is 2.28. The molecule has 0 saturated heterocycles. The van der Waals surface area contributed by atoms with E-state index < -0.39 is 17.2 Å². The van der Waals surface area contributed by atoms with Gasteiger partial charge in [0.15, 0.2) is 5.82 Å². The fraction of sp³-hybridized carbons (Fsp3) is 0.429. The number of nitrogens with one attached hydrogen (secondary N) is 1. The number of unbranched alkanes of at least 4 members (excludes halogenated alkanes) is 5. The molecule has 7 nitrogen and oxygen atoms in total. The van der Waals surface area contributed by atoms with Crippen LogP contribution < -0.4 is 16.0 Å². The topological polar surface area (TPSA) is 94.1 Å². The van der Waals surface area contributed by atoms with E-state index in [-0.39, 0.29) is 0 Å². The van der Waals surface area contributed by atoms with E-state index >= 15 is 0 Å². The number of benzene rings is 1. The van der Waals surface area contributed by atoms with Crippen LogP contribution in [0.3, 0.4) is 0 Å². The van der Waals surface area contributed by atoms with Crippen molar-refractivity contribution in [2.45, 2.75) is 58.9 Å². The molecule has 0 aromatic heterocycles. The first-order valence-corrected chi connectivity index (χ1v) is 9.75. The van der Waals surface area contributed by atoms with Crippen LogP contribution in [0.1, 0.15) is 52.4 Å². The SMILES string of the molecule is CCCCCCCCn1c2nc(=O)[nH]c(=O)c-2cc2ccc(OC(C)=O)cc21. The Morgan fingerprint density at radius 3 is 2.61 bits per heavy atom. The number of rotatable bonds is 8. The molecule has 1 N–H and O–H groups in total. The van der Waals surface area contributed by atoms with E-state index in [0.29, 0.717) is 23.7 Å². The average Bonchev–Trinajstić information content (AvgIpc) is 2.64. The molecule has 0 amide bonds. The summed E-state index contributed by atoms with van der Waals surface area (Å²) in [6.07, 6.45) is 6.74. The molecule has 148 valence electrons. The van der Waals surface area contributed by atoms with Crippen LogP contribution in [0.15, 0.2) is 33.9 Å². The van der Waals surface area contributed by atoms with Gasteiger partial charge < -0.3 is 9.30 Å². The number of pyridine rings is 1. The summed E-state index contributed by atoms with van der Waals surface area (Å²) in [6.45, 7) is 4.15. The summed E-state index contributed by atoms with van der Waals surface area (Å²) in [4.78, 5) is 41.7. The lowest BCUT2D eigenvalue weighted by molar-refractivity contribution is -0.131. The van der Waals surface area contributed by atoms with Gasteiger partial charge in [0.1, 0.15) is 5.75 Å². The standard InChI is InChI=1S/C21H25N3O4/c1-3-4-5-6-7-8-11-24-18-13-16(28-14(2)25)10-9-15(18)12-17-19(24)22-21(27)23-20(17)26/h9-10,12-13H,3-8,11H2,1-2H3,(H,23,26,27). The van der Waals surface area contributed by atoms with E-state index in [1.54, 1.807) is 24.3 Å². The molecule has 3 rings (SSSR count). The van der Waals surface area contributed by atoms with Gasteiger partial charge in [0.2, 0.25) is 0 Å². The predicted octanol–water partition coefficient (Wildman–Crippen LogP) is 3.48. The normalized spacial score (nSPS) is 11.2. The highest BCUT2D eigenvalue weighted by molar-refractivity contribution is 5.87. The van der Waals surface area contributed by atoms with E-state index in [1.165, 1.54) is 26.2 Å². The molecule has 0 saturated carbocycles. The number of fused-ring (bicyclic) bond motifs is 2. The maximum atomic E-state index is 12.3. The summed E-state index contributed by atoms with van der Waals surface area (Å²) in [7, 11) is 0. The van der Waals surface area contributed by atoms with Crippen LogP contribution in [0.25, 0.3) is 22.3 Å². The lowest BCUT2D eigenvalue weighted by Gasteiger charge is -2.18. The number of esters is 1. The van der Waals surface area contributed by atoms with Crippen LogP contribution in [0.2, 0.25) is 0 Å². The van der Waals surface area contributed by atoms with Crippen molar-refractivity contribution in [2.24, 2.45) is 0 Å². The number of aromatic amines is 1. The number of nitrogens with zero attached hydrogens (tertiary/aromatic N) is 2. The Balaban J connectivity index is 2.04. The van der Waals surface area contributed by atoms with E-state index in [0.717, 1.165) is 30.2 Å². The molecule has 28 heavy (non-hydrogen) atoms. The molecule has 2 aliphatic heterocycles. The molecular weight excluding hydrogens is 358 g/mol. The van der Waals surface area contributed by atoms with E-state index in [2.05, 4.69) is 16.9 Å². The number of carbonyl (C=O) groups is 1. The van der Waals surface area contributed by atoms with Crippen molar-refractivity contribution in [3.63, 3.8) is 0 Å². The molecule has 0 bridgehead atoms. The van der Waals surface area contributed by atoms with Gasteiger partial charge in [0, 0.05) is 19.5 Å². The van der Waals surface area contributed by atoms with Crippen molar-refractivity contribution in [2.75, 3.05) is 0 Å². The minimum atomic E-state index is -0.662. The molecule has 2 heterocycles. The molecule has 0 fully saturated rings. The second kappa shape index (κ2) is 8.82. The number of ether oxygens (including phenoxy) is 1. The van der Waals surface area contributed by atoms with Crippen LogP contribution in [0, 0.1) is 0 Å². The number of hydrogen-bond donors (Lipinski definition) is 1. The van der Waals surface area contributed by atoms with Gasteiger partial charge in [-0.05, 0) is 30.0 Å². The summed E-state index contributed by atoms with van der Waals surface area (Å²) in [5, 5.41) is 0.820. The van der Waals surface area contributed by atoms with Gasteiger partial charge in [0.25, 0.3) is 5.56 Å². The highest BCUT2D eigenvalue weighted by atomic mass is 16.5. The van der Waals surface area contributed by atoms with Crippen LogP contribution in [0.5, 0.6) is 5.75 Å². The molecule has 0 atom stereocenters. The third-order valence-electron chi connectivity index (χ3n) is 4.76.